The summed E-state index contributed by atoms with van der Waals surface area (Å²) in [6.07, 6.45) is 21.2. The maximum absolute atomic E-state index is 11.6. The number of hydrogen-bond acceptors (Lipinski definition) is 5. The summed E-state index contributed by atoms with van der Waals surface area (Å²) in [6, 6.07) is 0. The van der Waals surface area contributed by atoms with Crippen LogP contribution in [-0.2, 0) is 9.53 Å². The maximum Gasteiger partial charge on any atom is 0.330 e. The van der Waals surface area contributed by atoms with E-state index in [1.807, 2.05) is 0 Å². The Morgan fingerprint density at radius 1 is 0.750 bits per heavy atom. The van der Waals surface area contributed by atoms with Gasteiger partial charge in [0.2, 0.25) is 0 Å². The average Bonchev–Trinajstić information content (AvgIpc) is 2.72. The van der Waals surface area contributed by atoms with Gasteiger partial charge in [0.15, 0.2) is 0 Å². The SMILES string of the molecule is CCCCCCCCCCCCCCCC=CC(=O)OCC(CO)(CO)CO. The van der Waals surface area contributed by atoms with Crippen molar-refractivity contribution in [1.29, 1.82) is 0 Å². The standard InChI is InChI=1S/C23H44O5/c1-2-3-4-5-6-7-8-9-10-11-12-13-14-15-16-17-22(27)28-21-23(18-24,19-25)20-26/h16-17,24-26H,2-15,18-21H2,1H3. The van der Waals surface area contributed by atoms with E-state index in [1.54, 1.807) is 6.08 Å². The molecule has 0 aromatic heterocycles. The first-order valence-corrected chi connectivity index (χ1v) is 11.3. The summed E-state index contributed by atoms with van der Waals surface area (Å²) in [5.41, 5.74) is -1.17. The number of ether oxygens (including phenoxy) is 1. The number of allylic oxidation sites excluding steroid dienone is 1. The van der Waals surface area contributed by atoms with Crippen molar-refractivity contribution in [2.75, 3.05) is 26.4 Å². The van der Waals surface area contributed by atoms with E-state index in [9.17, 15) is 20.1 Å². The molecule has 0 heterocycles. The molecule has 0 bridgehead atoms. The molecule has 0 fully saturated rings. The molecule has 0 radical (unpaired) electrons. The molecule has 0 atom stereocenters. The van der Waals surface area contributed by atoms with E-state index in [0.29, 0.717) is 0 Å². The van der Waals surface area contributed by atoms with Crippen LogP contribution in [0.15, 0.2) is 12.2 Å². The zero-order valence-corrected chi connectivity index (χ0v) is 18.0. The number of rotatable bonds is 20. The van der Waals surface area contributed by atoms with E-state index in [2.05, 4.69) is 6.92 Å². The van der Waals surface area contributed by atoms with Gasteiger partial charge in [-0.2, -0.15) is 0 Å². The van der Waals surface area contributed by atoms with E-state index < -0.39 is 31.2 Å². The molecule has 3 N–H and O–H groups in total. The first kappa shape index (κ1) is 27.1. The van der Waals surface area contributed by atoms with Gasteiger partial charge in [-0.05, 0) is 12.8 Å². The first-order chi connectivity index (χ1) is 13.6. The number of esters is 1. The minimum absolute atomic E-state index is 0.196. The van der Waals surface area contributed by atoms with Crippen molar-refractivity contribution in [3.8, 4) is 0 Å². The highest BCUT2D eigenvalue weighted by Gasteiger charge is 2.29. The van der Waals surface area contributed by atoms with E-state index in [1.165, 1.54) is 83.1 Å². The van der Waals surface area contributed by atoms with Crippen LogP contribution in [0.2, 0.25) is 0 Å². The predicted molar refractivity (Wildman–Crippen MR) is 114 cm³/mol. The maximum atomic E-state index is 11.6. The summed E-state index contributed by atoms with van der Waals surface area (Å²) in [7, 11) is 0. The molecule has 28 heavy (non-hydrogen) atoms. The van der Waals surface area contributed by atoms with Crippen LogP contribution in [0.25, 0.3) is 0 Å². The molecule has 5 nitrogen and oxygen atoms in total. The lowest BCUT2D eigenvalue weighted by atomic mass is 9.93. The van der Waals surface area contributed by atoms with Crippen molar-refractivity contribution in [1.82, 2.24) is 0 Å². The molecule has 0 aromatic carbocycles. The summed E-state index contributed by atoms with van der Waals surface area (Å²) < 4.78 is 4.99. The van der Waals surface area contributed by atoms with Crippen molar-refractivity contribution in [3.05, 3.63) is 12.2 Å². The van der Waals surface area contributed by atoms with Crippen LogP contribution >= 0.6 is 0 Å². The summed E-state index contributed by atoms with van der Waals surface area (Å²) in [5.74, 6) is -0.505. The molecule has 0 aromatic rings. The van der Waals surface area contributed by atoms with Gasteiger partial charge in [0, 0.05) is 6.08 Å². The Labute approximate surface area is 172 Å². The number of hydrogen-bond donors (Lipinski definition) is 3. The Balaban J connectivity index is 3.47. The summed E-state index contributed by atoms with van der Waals surface area (Å²) in [6.45, 7) is 0.757. The highest BCUT2D eigenvalue weighted by Crippen LogP contribution is 2.15. The predicted octanol–water partition coefficient (Wildman–Crippen LogP) is 4.53. The Morgan fingerprint density at radius 3 is 1.61 bits per heavy atom. The van der Waals surface area contributed by atoms with Gasteiger partial charge in [0.25, 0.3) is 0 Å². The Bertz CT molecular complexity index is 369. The molecular formula is C23H44O5. The minimum atomic E-state index is -1.17. The summed E-state index contributed by atoms with van der Waals surface area (Å²) in [4.78, 5) is 11.6. The van der Waals surface area contributed by atoms with Crippen LogP contribution in [0.4, 0.5) is 0 Å². The van der Waals surface area contributed by atoms with Crippen molar-refractivity contribution < 1.29 is 24.9 Å². The van der Waals surface area contributed by atoms with Gasteiger partial charge in [-0.1, -0.05) is 90.0 Å². The van der Waals surface area contributed by atoms with Gasteiger partial charge < -0.3 is 20.1 Å². The third kappa shape index (κ3) is 15.1. The molecule has 0 saturated heterocycles. The van der Waals surface area contributed by atoms with Gasteiger partial charge in [-0.15, -0.1) is 0 Å². The van der Waals surface area contributed by atoms with Crippen LogP contribution in [0.5, 0.6) is 0 Å². The van der Waals surface area contributed by atoms with E-state index in [4.69, 9.17) is 4.74 Å². The molecule has 0 unspecified atom stereocenters. The topological polar surface area (TPSA) is 87.0 Å². The fourth-order valence-corrected chi connectivity index (χ4v) is 3.02. The highest BCUT2D eigenvalue weighted by atomic mass is 16.5. The van der Waals surface area contributed by atoms with Crippen molar-refractivity contribution in [2.45, 2.75) is 96.8 Å². The van der Waals surface area contributed by atoms with Crippen LogP contribution in [0, 0.1) is 5.41 Å². The van der Waals surface area contributed by atoms with Crippen LogP contribution in [-0.4, -0.2) is 47.7 Å². The zero-order valence-electron chi connectivity index (χ0n) is 18.0. The van der Waals surface area contributed by atoms with E-state index in [0.717, 1.165) is 12.8 Å². The zero-order chi connectivity index (χ0) is 20.9. The smallest absolute Gasteiger partial charge is 0.330 e. The fraction of sp³-hybridized carbons (Fsp3) is 0.870. The van der Waals surface area contributed by atoms with E-state index in [-0.39, 0.29) is 6.61 Å². The largest absolute Gasteiger partial charge is 0.462 e. The van der Waals surface area contributed by atoms with Crippen LogP contribution in [0.1, 0.15) is 96.8 Å². The number of carbonyl (C=O) groups is 1. The fourth-order valence-electron chi connectivity index (χ4n) is 3.02. The number of unbranched alkanes of at least 4 members (excludes halogenated alkanes) is 13. The molecule has 0 aliphatic carbocycles. The molecule has 0 aliphatic heterocycles. The minimum Gasteiger partial charge on any atom is -0.462 e. The molecular weight excluding hydrogens is 356 g/mol. The van der Waals surface area contributed by atoms with Crippen molar-refractivity contribution in [2.24, 2.45) is 5.41 Å². The Morgan fingerprint density at radius 2 is 1.18 bits per heavy atom. The lowest BCUT2D eigenvalue weighted by molar-refractivity contribution is -0.145. The Kier molecular flexibility index (Phi) is 18.8. The lowest BCUT2D eigenvalue weighted by Crippen LogP contribution is -2.39. The second kappa shape index (κ2) is 19.4. The second-order valence-electron chi connectivity index (χ2n) is 8.02. The van der Waals surface area contributed by atoms with E-state index >= 15 is 0 Å². The monoisotopic (exact) mass is 400 g/mol. The lowest BCUT2D eigenvalue weighted by Gasteiger charge is -2.26. The van der Waals surface area contributed by atoms with Crippen molar-refractivity contribution in [3.63, 3.8) is 0 Å². The van der Waals surface area contributed by atoms with Gasteiger partial charge in [-0.3, -0.25) is 0 Å². The van der Waals surface area contributed by atoms with Gasteiger partial charge in [0.05, 0.1) is 25.2 Å². The third-order valence-electron chi connectivity index (χ3n) is 5.26. The van der Waals surface area contributed by atoms with Crippen LogP contribution < -0.4 is 0 Å². The average molecular weight is 401 g/mol. The molecule has 0 amide bonds. The molecule has 0 rings (SSSR count). The molecule has 0 aliphatic rings. The van der Waals surface area contributed by atoms with Gasteiger partial charge in [0.1, 0.15) is 6.61 Å². The molecule has 0 spiro atoms. The number of aliphatic hydroxyl groups excluding tert-OH is 3. The highest BCUT2D eigenvalue weighted by molar-refractivity contribution is 5.81. The number of aliphatic hydroxyl groups is 3. The molecule has 0 saturated carbocycles. The molecule has 5 heteroatoms. The quantitative estimate of drug-likeness (QED) is 0.159. The normalized spacial score (nSPS) is 12.0. The molecule has 166 valence electrons. The van der Waals surface area contributed by atoms with Gasteiger partial charge >= 0.3 is 5.97 Å². The van der Waals surface area contributed by atoms with Gasteiger partial charge in [-0.25, -0.2) is 4.79 Å². The number of carbonyl (C=O) groups excluding carboxylic acids is 1. The van der Waals surface area contributed by atoms with Crippen molar-refractivity contribution >= 4 is 5.97 Å². The summed E-state index contributed by atoms with van der Waals surface area (Å²) in [5, 5.41) is 27.5. The Hall–Kier alpha value is -0.910. The first-order valence-electron chi connectivity index (χ1n) is 11.3. The van der Waals surface area contributed by atoms with Crippen LogP contribution in [0.3, 0.4) is 0 Å². The third-order valence-corrected chi connectivity index (χ3v) is 5.26. The second-order valence-corrected chi connectivity index (χ2v) is 8.02. The summed E-state index contributed by atoms with van der Waals surface area (Å²) >= 11 is 0.